The Balaban J connectivity index is 0.00000182. The molecular formula is C21H30Cl2N2OS. The molecule has 3 rings (SSSR count). The van der Waals surface area contributed by atoms with Crippen molar-refractivity contribution in [2.45, 2.75) is 22.6 Å². The molecule has 1 heterocycles. The minimum absolute atomic E-state index is 0. The second kappa shape index (κ2) is 13.3. The summed E-state index contributed by atoms with van der Waals surface area (Å²) in [4.78, 5) is 7.40. The van der Waals surface area contributed by atoms with Crippen LogP contribution in [0.5, 0.6) is 5.75 Å². The minimum atomic E-state index is 0. The van der Waals surface area contributed by atoms with Crippen molar-refractivity contribution in [1.82, 2.24) is 9.80 Å². The first-order chi connectivity index (χ1) is 12.3. The Morgan fingerprint density at radius 1 is 0.852 bits per heavy atom. The lowest BCUT2D eigenvalue weighted by molar-refractivity contribution is 0.149. The highest BCUT2D eigenvalue weighted by Gasteiger charge is 2.12. The van der Waals surface area contributed by atoms with Gasteiger partial charge in [-0.25, -0.2) is 0 Å². The maximum Gasteiger partial charge on any atom is 0.133 e. The van der Waals surface area contributed by atoms with E-state index >= 15 is 0 Å². The molecule has 1 saturated heterocycles. The SMILES string of the molecule is CN1CCN(CCCCOc2ccccc2Sc2ccccc2)CC1.Cl.Cl. The molecule has 1 fully saturated rings. The van der Waals surface area contributed by atoms with Gasteiger partial charge in [0.05, 0.1) is 11.5 Å². The maximum absolute atomic E-state index is 6.07. The fourth-order valence-electron chi connectivity index (χ4n) is 2.96. The van der Waals surface area contributed by atoms with Gasteiger partial charge in [0.2, 0.25) is 0 Å². The quantitative estimate of drug-likeness (QED) is 0.543. The third-order valence-corrected chi connectivity index (χ3v) is 5.61. The molecule has 0 bridgehead atoms. The number of hydrogen-bond acceptors (Lipinski definition) is 4. The summed E-state index contributed by atoms with van der Waals surface area (Å²) in [6.45, 7) is 6.78. The number of nitrogens with zero attached hydrogens (tertiary/aromatic N) is 2. The van der Waals surface area contributed by atoms with E-state index in [1.54, 1.807) is 11.8 Å². The largest absolute Gasteiger partial charge is 0.492 e. The average Bonchev–Trinajstić information content (AvgIpc) is 2.65. The lowest BCUT2D eigenvalue weighted by atomic mass is 10.2. The van der Waals surface area contributed by atoms with E-state index in [9.17, 15) is 0 Å². The van der Waals surface area contributed by atoms with Gasteiger partial charge in [-0.3, -0.25) is 0 Å². The number of para-hydroxylation sites is 1. The highest BCUT2D eigenvalue weighted by molar-refractivity contribution is 7.99. The van der Waals surface area contributed by atoms with Gasteiger partial charge in [0.1, 0.15) is 5.75 Å². The van der Waals surface area contributed by atoms with Gasteiger partial charge in [-0.15, -0.1) is 24.8 Å². The Labute approximate surface area is 180 Å². The Morgan fingerprint density at radius 3 is 2.26 bits per heavy atom. The second-order valence-electron chi connectivity index (χ2n) is 6.56. The van der Waals surface area contributed by atoms with Gasteiger partial charge in [-0.2, -0.15) is 0 Å². The van der Waals surface area contributed by atoms with Crippen LogP contribution in [0.25, 0.3) is 0 Å². The van der Waals surface area contributed by atoms with Crippen molar-refractivity contribution in [3.05, 3.63) is 54.6 Å². The molecule has 150 valence electrons. The van der Waals surface area contributed by atoms with Gasteiger partial charge >= 0.3 is 0 Å². The summed E-state index contributed by atoms with van der Waals surface area (Å²) in [7, 11) is 2.20. The minimum Gasteiger partial charge on any atom is -0.492 e. The van der Waals surface area contributed by atoms with Crippen molar-refractivity contribution in [2.75, 3.05) is 46.4 Å². The van der Waals surface area contributed by atoms with Crippen molar-refractivity contribution in [1.29, 1.82) is 0 Å². The van der Waals surface area contributed by atoms with Crippen molar-refractivity contribution in [3.63, 3.8) is 0 Å². The number of ether oxygens (including phenoxy) is 1. The van der Waals surface area contributed by atoms with E-state index < -0.39 is 0 Å². The molecule has 0 atom stereocenters. The molecule has 3 nitrogen and oxygen atoms in total. The summed E-state index contributed by atoms with van der Waals surface area (Å²) in [5.74, 6) is 0.996. The Bertz CT molecular complexity index is 637. The van der Waals surface area contributed by atoms with E-state index in [0.29, 0.717) is 0 Å². The Morgan fingerprint density at radius 2 is 1.52 bits per heavy atom. The number of benzene rings is 2. The van der Waals surface area contributed by atoms with Crippen LogP contribution in [0.3, 0.4) is 0 Å². The number of unbranched alkanes of at least 4 members (excludes halogenated alkanes) is 1. The maximum atomic E-state index is 6.07. The van der Waals surface area contributed by atoms with Crippen LogP contribution in [0.4, 0.5) is 0 Å². The molecule has 0 aromatic heterocycles. The van der Waals surface area contributed by atoms with Crippen LogP contribution >= 0.6 is 36.6 Å². The molecule has 2 aromatic rings. The molecule has 0 N–H and O–H groups in total. The molecule has 1 aliphatic heterocycles. The van der Waals surface area contributed by atoms with Crippen LogP contribution in [0, 0.1) is 0 Å². The number of hydrogen-bond donors (Lipinski definition) is 0. The molecule has 1 aliphatic rings. The fourth-order valence-corrected chi connectivity index (χ4v) is 3.88. The smallest absolute Gasteiger partial charge is 0.133 e. The zero-order valence-electron chi connectivity index (χ0n) is 15.9. The molecule has 0 amide bonds. The third-order valence-electron chi connectivity index (χ3n) is 4.54. The number of halogens is 2. The first-order valence-electron chi connectivity index (χ1n) is 9.17. The zero-order chi connectivity index (χ0) is 17.3. The first kappa shape index (κ1) is 24.1. The number of rotatable bonds is 8. The summed E-state index contributed by atoms with van der Waals surface area (Å²) in [6, 6.07) is 18.8. The van der Waals surface area contributed by atoms with Gasteiger partial charge in [-0.05, 0) is 50.7 Å². The van der Waals surface area contributed by atoms with E-state index in [1.807, 2.05) is 6.07 Å². The molecule has 6 heteroatoms. The summed E-state index contributed by atoms with van der Waals surface area (Å²) in [6.07, 6.45) is 2.31. The van der Waals surface area contributed by atoms with Crippen LogP contribution in [0.15, 0.2) is 64.4 Å². The van der Waals surface area contributed by atoms with Crippen molar-refractivity contribution < 1.29 is 4.74 Å². The normalized spacial score (nSPS) is 14.9. The van der Waals surface area contributed by atoms with Crippen LogP contribution in [-0.4, -0.2) is 56.2 Å². The van der Waals surface area contributed by atoms with Gasteiger partial charge in [-0.1, -0.05) is 42.1 Å². The van der Waals surface area contributed by atoms with Gasteiger partial charge in [0, 0.05) is 31.1 Å². The molecule has 0 spiro atoms. The Hall–Kier alpha value is -0.910. The van der Waals surface area contributed by atoms with E-state index in [1.165, 1.54) is 48.9 Å². The number of piperazine rings is 1. The van der Waals surface area contributed by atoms with E-state index in [-0.39, 0.29) is 24.8 Å². The van der Waals surface area contributed by atoms with Crippen molar-refractivity contribution in [3.8, 4) is 5.75 Å². The number of likely N-dealkylation sites (N-methyl/N-ethyl adjacent to an activating group) is 1. The summed E-state index contributed by atoms with van der Waals surface area (Å²) in [5.41, 5.74) is 0. The van der Waals surface area contributed by atoms with E-state index in [4.69, 9.17) is 4.74 Å². The summed E-state index contributed by atoms with van der Waals surface area (Å²) < 4.78 is 6.07. The lowest BCUT2D eigenvalue weighted by Crippen LogP contribution is -2.44. The molecule has 0 saturated carbocycles. The first-order valence-corrected chi connectivity index (χ1v) is 9.98. The molecule has 27 heavy (non-hydrogen) atoms. The molecule has 0 aliphatic carbocycles. The van der Waals surface area contributed by atoms with Crippen molar-refractivity contribution in [2.24, 2.45) is 0 Å². The second-order valence-corrected chi connectivity index (χ2v) is 7.68. The zero-order valence-corrected chi connectivity index (χ0v) is 18.3. The van der Waals surface area contributed by atoms with Crippen LogP contribution < -0.4 is 4.74 Å². The monoisotopic (exact) mass is 428 g/mol. The highest BCUT2D eigenvalue weighted by atomic mass is 35.5. The third kappa shape index (κ3) is 8.32. The van der Waals surface area contributed by atoms with Gasteiger partial charge in [0.15, 0.2) is 0 Å². The van der Waals surface area contributed by atoms with Crippen LogP contribution in [0.1, 0.15) is 12.8 Å². The molecule has 2 aromatic carbocycles. The van der Waals surface area contributed by atoms with Crippen LogP contribution in [-0.2, 0) is 0 Å². The topological polar surface area (TPSA) is 15.7 Å². The average molecular weight is 429 g/mol. The summed E-state index contributed by atoms with van der Waals surface area (Å²) >= 11 is 1.76. The fraction of sp³-hybridized carbons (Fsp3) is 0.429. The molecular weight excluding hydrogens is 399 g/mol. The molecule has 0 unspecified atom stereocenters. The van der Waals surface area contributed by atoms with Crippen molar-refractivity contribution >= 4 is 36.6 Å². The Kier molecular flexibility index (Phi) is 11.9. The van der Waals surface area contributed by atoms with Gasteiger partial charge < -0.3 is 14.5 Å². The van der Waals surface area contributed by atoms with E-state index in [2.05, 4.69) is 65.4 Å². The predicted octanol–water partition coefficient (Wildman–Crippen LogP) is 5.09. The van der Waals surface area contributed by atoms with E-state index in [0.717, 1.165) is 18.8 Å². The summed E-state index contributed by atoms with van der Waals surface area (Å²) in [5, 5.41) is 0. The highest BCUT2D eigenvalue weighted by Crippen LogP contribution is 2.34. The lowest BCUT2D eigenvalue weighted by Gasteiger charge is -2.32. The van der Waals surface area contributed by atoms with Gasteiger partial charge in [0.25, 0.3) is 0 Å². The standard InChI is InChI=1S/C21H28N2OS.2ClH/c1-22-14-16-23(17-15-22)13-7-8-18-24-20-11-5-6-12-21(20)25-19-9-3-2-4-10-19;;/h2-6,9-12H,7-8,13-18H2,1H3;2*1H. The van der Waals surface area contributed by atoms with Crippen LogP contribution in [0.2, 0.25) is 0 Å². The predicted molar refractivity (Wildman–Crippen MR) is 120 cm³/mol. The molecule has 0 radical (unpaired) electrons.